The summed E-state index contributed by atoms with van der Waals surface area (Å²) in [6, 6.07) is 5.78. The molecule has 0 aliphatic carbocycles. The standard InChI is InChI=1S/C15H21N2S2.C7H8O3S/c1-16-10-12-18-14(16)8-6-4-3-5-7-9-15-17(2)11-13-19-15;1-6-2-4-7(5-3-6)11(8,9)10/h3-9H,10-13H2,1-2H3;2-5H,1H3,(H,8,9,10)/q+1;. The Labute approximate surface area is 188 Å². The summed E-state index contributed by atoms with van der Waals surface area (Å²) in [5, 5.41) is 2.81. The molecule has 0 saturated carbocycles. The van der Waals surface area contributed by atoms with Crippen molar-refractivity contribution >= 4 is 38.7 Å². The molecule has 1 unspecified atom stereocenters. The third-order valence-corrected chi connectivity index (χ3v) is 7.63. The molecule has 0 bridgehead atoms. The maximum Gasteiger partial charge on any atom is 0.234 e. The monoisotopic (exact) mass is 465 g/mol. The zero-order chi connectivity index (χ0) is 22.0. The molecule has 1 N–H and O–H groups in total. The third-order valence-electron chi connectivity index (χ3n) is 4.45. The average molecular weight is 466 g/mol. The van der Waals surface area contributed by atoms with Crippen LogP contribution in [-0.2, 0) is 10.1 Å². The summed E-state index contributed by atoms with van der Waals surface area (Å²) in [6.07, 6.45) is 14.9. The van der Waals surface area contributed by atoms with E-state index in [0.29, 0.717) is 0 Å². The maximum absolute atomic E-state index is 10.4. The largest absolute Gasteiger partial charge is 0.744 e. The summed E-state index contributed by atoms with van der Waals surface area (Å²) in [6.45, 7) is 4.23. The summed E-state index contributed by atoms with van der Waals surface area (Å²) in [7, 11) is 0.104. The number of quaternary nitrogens is 1. The number of rotatable bonds is 5. The Bertz CT molecular complexity index is 960. The van der Waals surface area contributed by atoms with E-state index in [1.54, 1.807) is 12.1 Å². The Morgan fingerprint density at radius 2 is 1.70 bits per heavy atom. The van der Waals surface area contributed by atoms with Crippen LogP contribution in [0, 0.1) is 6.92 Å². The minimum atomic E-state index is -4.27. The van der Waals surface area contributed by atoms with Crippen LogP contribution in [-0.4, -0.2) is 61.3 Å². The highest BCUT2D eigenvalue weighted by atomic mass is 32.2. The number of nitrogens with zero attached hydrogens (tertiary/aromatic N) is 1. The van der Waals surface area contributed by atoms with E-state index in [0.717, 1.165) is 12.1 Å². The van der Waals surface area contributed by atoms with Crippen molar-refractivity contribution in [3.05, 3.63) is 77.4 Å². The summed E-state index contributed by atoms with van der Waals surface area (Å²) < 4.78 is 33.5. The van der Waals surface area contributed by atoms with Gasteiger partial charge in [-0.05, 0) is 19.1 Å². The minimum Gasteiger partial charge on any atom is -0.744 e. The van der Waals surface area contributed by atoms with Crippen molar-refractivity contribution < 1.29 is 22.4 Å². The lowest BCUT2D eigenvalue weighted by atomic mass is 10.2. The topological polar surface area (TPSA) is 64.7 Å². The van der Waals surface area contributed by atoms with Crippen LogP contribution in [0.25, 0.3) is 0 Å². The van der Waals surface area contributed by atoms with Gasteiger partial charge in [0.2, 0.25) is 5.04 Å². The molecular weight excluding hydrogens is 436 g/mol. The molecule has 0 spiro atoms. The van der Waals surface area contributed by atoms with Crippen LogP contribution < -0.4 is 4.90 Å². The number of hydrogen-bond donors (Lipinski definition) is 1. The van der Waals surface area contributed by atoms with Crippen LogP contribution in [0.3, 0.4) is 0 Å². The molecule has 2 aliphatic rings. The summed E-state index contributed by atoms with van der Waals surface area (Å²) >= 11 is 3.88. The summed E-state index contributed by atoms with van der Waals surface area (Å²) in [4.78, 5) is 1.35. The van der Waals surface area contributed by atoms with Gasteiger partial charge in [0.15, 0.2) is 11.6 Å². The highest BCUT2D eigenvalue weighted by molar-refractivity contribution is 8.14. The highest BCUT2D eigenvalue weighted by Crippen LogP contribution is 2.13. The number of thioether (sulfide) groups is 2. The molecule has 0 amide bonds. The van der Waals surface area contributed by atoms with E-state index in [1.165, 1.54) is 45.2 Å². The van der Waals surface area contributed by atoms with Crippen LogP contribution in [0.4, 0.5) is 0 Å². The molecule has 0 aromatic heterocycles. The number of nitrogens with one attached hydrogen (secondary N) is 1. The van der Waals surface area contributed by atoms with Crippen LogP contribution in [0.5, 0.6) is 0 Å². The summed E-state index contributed by atoms with van der Waals surface area (Å²) in [5.74, 6) is 2.45. The molecule has 30 heavy (non-hydrogen) atoms. The molecule has 1 saturated heterocycles. The fourth-order valence-electron chi connectivity index (χ4n) is 2.61. The van der Waals surface area contributed by atoms with Crippen LogP contribution in [0.15, 0.2) is 76.7 Å². The molecular formula is C22H29N2O3S3+. The Balaban J connectivity index is 0.000000248. The number of hydrogen-bond acceptors (Lipinski definition) is 5. The van der Waals surface area contributed by atoms with Gasteiger partial charge >= 0.3 is 0 Å². The lowest BCUT2D eigenvalue weighted by Gasteiger charge is -2.05. The minimum absolute atomic E-state index is 0.178. The van der Waals surface area contributed by atoms with E-state index in [4.69, 9.17) is 0 Å². The van der Waals surface area contributed by atoms with Gasteiger partial charge in [0.25, 0.3) is 0 Å². The van der Waals surface area contributed by atoms with Gasteiger partial charge in [0, 0.05) is 12.2 Å². The predicted molar refractivity (Wildman–Crippen MR) is 127 cm³/mol. The van der Waals surface area contributed by atoms with Crippen molar-refractivity contribution in [2.24, 2.45) is 0 Å². The van der Waals surface area contributed by atoms with Crippen molar-refractivity contribution in [3.63, 3.8) is 0 Å². The van der Waals surface area contributed by atoms with Crippen LogP contribution in [0.2, 0.25) is 0 Å². The summed E-state index contributed by atoms with van der Waals surface area (Å²) in [5.41, 5.74) is 0.928. The van der Waals surface area contributed by atoms with Gasteiger partial charge in [-0.1, -0.05) is 71.6 Å². The molecule has 0 radical (unpaired) electrons. The Kier molecular flexibility index (Phi) is 10.1. The molecule has 8 heteroatoms. The maximum atomic E-state index is 10.4. The first-order valence-corrected chi connectivity index (χ1v) is 13.1. The zero-order valence-electron chi connectivity index (χ0n) is 17.6. The third kappa shape index (κ3) is 8.65. The van der Waals surface area contributed by atoms with Crippen LogP contribution in [0.1, 0.15) is 5.56 Å². The molecule has 1 fully saturated rings. The van der Waals surface area contributed by atoms with Gasteiger partial charge in [0.1, 0.15) is 17.2 Å². The van der Waals surface area contributed by atoms with E-state index in [1.807, 2.05) is 30.4 Å². The first kappa shape index (κ1) is 24.7. The van der Waals surface area contributed by atoms with Gasteiger partial charge in [-0.3, -0.25) is 4.90 Å². The zero-order valence-corrected chi connectivity index (χ0v) is 20.0. The molecule has 2 heterocycles. The Morgan fingerprint density at radius 1 is 1.03 bits per heavy atom. The lowest BCUT2D eigenvalue weighted by molar-refractivity contribution is -0.823. The van der Waals surface area contributed by atoms with Crippen molar-refractivity contribution in [3.8, 4) is 0 Å². The van der Waals surface area contributed by atoms with Gasteiger partial charge in [-0.25, -0.2) is 13.0 Å². The average Bonchev–Trinajstić information content (AvgIpc) is 3.29. The molecule has 3 rings (SSSR count). The SMILES string of the molecule is C[N+]1=C(C=CC=CC=CC=C2SCC[NH+]2C)SCC1.Cc1ccc(S(=O)(=O)[O-])cc1. The molecule has 1 aromatic carbocycles. The second kappa shape index (κ2) is 12.3. The van der Waals surface area contributed by atoms with E-state index in [-0.39, 0.29) is 4.90 Å². The van der Waals surface area contributed by atoms with E-state index in [9.17, 15) is 13.0 Å². The van der Waals surface area contributed by atoms with Crippen LogP contribution >= 0.6 is 23.5 Å². The Hall–Kier alpha value is -1.58. The van der Waals surface area contributed by atoms with Crippen molar-refractivity contribution in [2.45, 2.75) is 11.8 Å². The predicted octanol–water partition coefficient (Wildman–Crippen LogP) is 2.44. The molecule has 1 aromatic rings. The van der Waals surface area contributed by atoms with Crippen molar-refractivity contribution in [2.75, 3.05) is 38.7 Å². The van der Waals surface area contributed by atoms with Gasteiger partial charge < -0.3 is 4.55 Å². The fraction of sp³-hybridized carbons (Fsp3) is 0.318. The number of benzene rings is 1. The molecule has 162 valence electrons. The van der Waals surface area contributed by atoms with Gasteiger partial charge in [0.05, 0.1) is 30.0 Å². The van der Waals surface area contributed by atoms with E-state index >= 15 is 0 Å². The normalized spacial score (nSPS) is 21.3. The van der Waals surface area contributed by atoms with E-state index < -0.39 is 10.1 Å². The molecule has 2 aliphatic heterocycles. The quantitative estimate of drug-likeness (QED) is 0.411. The second-order valence-corrected chi connectivity index (χ2v) is 10.5. The second-order valence-electron chi connectivity index (χ2n) is 6.91. The van der Waals surface area contributed by atoms with E-state index in [2.05, 4.69) is 61.2 Å². The van der Waals surface area contributed by atoms with Crippen molar-refractivity contribution in [1.82, 2.24) is 0 Å². The fourth-order valence-corrected chi connectivity index (χ4v) is 5.29. The smallest absolute Gasteiger partial charge is 0.234 e. The van der Waals surface area contributed by atoms with Crippen molar-refractivity contribution in [1.29, 1.82) is 0 Å². The first-order valence-electron chi connectivity index (χ1n) is 9.68. The van der Waals surface area contributed by atoms with Gasteiger partial charge in [-0.2, -0.15) is 0 Å². The molecule has 5 nitrogen and oxygen atoms in total. The number of allylic oxidation sites excluding steroid dienone is 6. The highest BCUT2D eigenvalue weighted by Gasteiger charge is 2.17. The molecule has 1 atom stereocenters. The number of aryl methyl sites for hydroxylation is 1. The first-order chi connectivity index (χ1) is 14.3. The lowest BCUT2D eigenvalue weighted by Crippen LogP contribution is -3.05. The van der Waals surface area contributed by atoms with Gasteiger partial charge in [-0.15, -0.1) is 0 Å². The Morgan fingerprint density at radius 3 is 2.27 bits per heavy atom.